The minimum absolute atomic E-state index is 0.191. The van der Waals surface area contributed by atoms with Crippen LogP contribution in [0, 0.1) is 5.82 Å². The van der Waals surface area contributed by atoms with Crippen molar-refractivity contribution in [2.24, 2.45) is 0 Å². The SMILES string of the molecule is OC1CCC(c2nc(-c3cc(F)cc(Br)c3)no2)CC1. The zero-order valence-electron chi connectivity index (χ0n) is 10.7. The molecule has 1 aliphatic carbocycles. The summed E-state index contributed by atoms with van der Waals surface area (Å²) in [5.41, 5.74) is 0.586. The number of rotatable bonds is 2. The molecule has 1 aliphatic rings. The van der Waals surface area contributed by atoms with Crippen LogP contribution < -0.4 is 0 Å². The summed E-state index contributed by atoms with van der Waals surface area (Å²) in [6.45, 7) is 0. The van der Waals surface area contributed by atoms with Gasteiger partial charge in [0, 0.05) is 16.0 Å². The standard InChI is InChI=1S/C14H14BrFN2O2/c15-10-5-9(6-11(16)7-10)13-17-14(20-18-13)8-1-3-12(19)4-2-8/h5-8,12,19H,1-4H2. The second-order valence-corrected chi connectivity index (χ2v) is 6.04. The van der Waals surface area contributed by atoms with Crippen LogP contribution in [0.4, 0.5) is 4.39 Å². The van der Waals surface area contributed by atoms with Crippen molar-refractivity contribution < 1.29 is 14.0 Å². The second kappa shape index (κ2) is 5.61. The molecule has 1 aromatic carbocycles. The lowest BCUT2D eigenvalue weighted by atomic mass is 9.87. The van der Waals surface area contributed by atoms with Gasteiger partial charge in [-0.15, -0.1) is 0 Å². The summed E-state index contributed by atoms with van der Waals surface area (Å²) in [6.07, 6.45) is 2.99. The highest BCUT2D eigenvalue weighted by molar-refractivity contribution is 9.10. The van der Waals surface area contributed by atoms with Crippen molar-refractivity contribution in [1.29, 1.82) is 0 Å². The van der Waals surface area contributed by atoms with Gasteiger partial charge in [0.15, 0.2) is 0 Å². The molecule has 1 fully saturated rings. The van der Waals surface area contributed by atoms with Crippen LogP contribution >= 0.6 is 15.9 Å². The molecule has 1 saturated carbocycles. The van der Waals surface area contributed by atoms with Crippen molar-refractivity contribution in [1.82, 2.24) is 10.1 Å². The largest absolute Gasteiger partial charge is 0.393 e. The molecule has 2 aromatic rings. The van der Waals surface area contributed by atoms with Crippen LogP contribution in [-0.4, -0.2) is 21.4 Å². The minimum atomic E-state index is -0.346. The van der Waals surface area contributed by atoms with Gasteiger partial charge < -0.3 is 9.63 Å². The van der Waals surface area contributed by atoms with Gasteiger partial charge in [-0.05, 0) is 43.9 Å². The van der Waals surface area contributed by atoms with Crippen molar-refractivity contribution in [3.8, 4) is 11.4 Å². The topological polar surface area (TPSA) is 59.2 Å². The maximum absolute atomic E-state index is 13.4. The molecule has 4 nitrogen and oxygen atoms in total. The molecule has 1 N–H and O–H groups in total. The number of hydrogen-bond donors (Lipinski definition) is 1. The molecule has 0 atom stereocenters. The third kappa shape index (κ3) is 2.91. The summed E-state index contributed by atoms with van der Waals surface area (Å²) in [7, 11) is 0. The van der Waals surface area contributed by atoms with E-state index in [0.717, 1.165) is 25.7 Å². The molecule has 0 saturated heterocycles. The Bertz CT molecular complexity index is 589. The first-order chi connectivity index (χ1) is 9.61. The molecular weight excluding hydrogens is 327 g/mol. The van der Waals surface area contributed by atoms with Crippen LogP contribution in [0.2, 0.25) is 0 Å². The fourth-order valence-electron chi connectivity index (χ4n) is 2.52. The molecule has 106 valence electrons. The fraction of sp³-hybridized carbons (Fsp3) is 0.429. The molecule has 0 unspecified atom stereocenters. The number of aliphatic hydroxyl groups is 1. The Morgan fingerprint density at radius 1 is 1.20 bits per heavy atom. The van der Waals surface area contributed by atoms with Crippen LogP contribution in [0.5, 0.6) is 0 Å². The van der Waals surface area contributed by atoms with E-state index in [2.05, 4.69) is 26.1 Å². The van der Waals surface area contributed by atoms with Crippen molar-refractivity contribution >= 4 is 15.9 Å². The maximum atomic E-state index is 13.4. The van der Waals surface area contributed by atoms with E-state index >= 15 is 0 Å². The zero-order chi connectivity index (χ0) is 14.1. The molecule has 3 rings (SSSR count). The molecule has 1 aromatic heterocycles. The number of hydrogen-bond acceptors (Lipinski definition) is 4. The maximum Gasteiger partial charge on any atom is 0.230 e. The second-order valence-electron chi connectivity index (χ2n) is 5.12. The first-order valence-corrected chi connectivity index (χ1v) is 7.39. The predicted molar refractivity (Wildman–Crippen MR) is 74.6 cm³/mol. The average Bonchev–Trinajstić information content (AvgIpc) is 2.88. The van der Waals surface area contributed by atoms with Crippen molar-refractivity contribution in [3.63, 3.8) is 0 Å². The van der Waals surface area contributed by atoms with Gasteiger partial charge in [0.05, 0.1) is 6.10 Å². The van der Waals surface area contributed by atoms with Crippen LogP contribution in [0.3, 0.4) is 0 Å². The molecule has 0 spiro atoms. The van der Waals surface area contributed by atoms with Crippen LogP contribution in [0.1, 0.15) is 37.5 Å². The number of halogens is 2. The van der Waals surface area contributed by atoms with E-state index in [4.69, 9.17) is 4.52 Å². The molecule has 0 aliphatic heterocycles. The van der Waals surface area contributed by atoms with E-state index in [1.807, 2.05) is 0 Å². The Hall–Kier alpha value is -1.27. The molecular formula is C14H14BrFN2O2. The lowest BCUT2D eigenvalue weighted by molar-refractivity contribution is 0.116. The van der Waals surface area contributed by atoms with Gasteiger partial charge in [-0.2, -0.15) is 4.98 Å². The summed E-state index contributed by atoms with van der Waals surface area (Å²) in [5.74, 6) is 0.816. The summed E-state index contributed by atoms with van der Waals surface area (Å²) in [5, 5.41) is 13.4. The van der Waals surface area contributed by atoms with E-state index in [1.165, 1.54) is 12.1 Å². The Morgan fingerprint density at radius 3 is 2.65 bits per heavy atom. The molecule has 0 amide bonds. The summed E-state index contributed by atoms with van der Waals surface area (Å²) < 4.78 is 19.3. The molecule has 20 heavy (non-hydrogen) atoms. The van der Waals surface area contributed by atoms with Gasteiger partial charge in [0.1, 0.15) is 5.82 Å². The molecule has 1 heterocycles. The van der Waals surface area contributed by atoms with Gasteiger partial charge in [-0.25, -0.2) is 4.39 Å². The normalized spacial score (nSPS) is 22.9. The van der Waals surface area contributed by atoms with Crippen LogP contribution in [-0.2, 0) is 0 Å². The van der Waals surface area contributed by atoms with Gasteiger partial charge in [0.2, 0.25) is 11.7 Å². The van der Waals surface area contributed by atoms with Crippen molar-refractivity contribution in [2.45, 2.75) is 37.7 Å². The van der Waals surface area contributed by atoms with Gasteiger partial charge in [-0.1, -0.05) is 21.1 Å². The van der Waals surface area contributed by atoms with E-state index in [-0.39, 0.29) is 17.8 Å². The van der Waals surface area contributed by atoms with Crippen LogP contribution in [0.15, 0.2) is 27.2 Å². The fourth-order valence-corrected chi connectivity index (χ4v) is 2.99. The van der Waals surface area contributed by atoms with Gasteiger partial charge >= 0.3 is 0 Å². The summed E-state index contributed by atoms with van der Waals surface area (Å²) >= 11 is 3.25. The highest BCUT2D eigenvalue weighted by atomic mass is 79.9. The average molecular weight is 341 g/mol. The molecule has 0 bridgehead atoms. The van der Waals surface area contributed by atoms with Gasteiger partial charge in [0.25, 0.3) is 0 Å². The quantitative estimate of drug-likeness (QED) is 0.906. The highest BCUT2D eigenvalue weighted by Gasteiger charge is 2.25. The Morgan fingerprint density at radius 2 is 1.95 bits per heavy atom. The number of aliphatic hydroxyl groups excluding tert-OH is 1. The minimum Gasteiger partial charge on any atom is -0.393 e. The first kappa shape index (κ1) is 13.7. The number of benzene rings is 1. The van der Waals surface area contributed by atoms with Crippen LogP contribution in [0.25, 0.3) is 11.4 Å². The summed E-state index contributed by atoms with van der Waals surface area (Å²) in [4.78, 5) is 4.36. The van der Waals surface area contributed by atoms with Gasteiger partial charge in [-0.3, -0.25) is 0 Å². The monoisotopic (exact) mass is 340 g/mol. The van der Waals surface area contributed by atoms with Crippen molar-refractivity contribution in [3.05, 3.63) is 34.4 Å². The lowest BCUT2D eigenvalue weighted by Gasteiger charge is -2.22. The smallest absolute Gasteiger partial charge is 0.230 e. The molecule has 0 radical (unpaired) electrons. The van der Waals surface area contributed by atoms with E-state index in [9.17, 15) is 9.50 Å². The Labute approximate surface area is 124 Å². The lowest BCUT2D eigenvalue weighted by Crippen LogP contribution is -2.17. The summed E-state index contributed by atoms with van der Waals surface area (Å²) in [6, 6.07) is 4.51. The number of aromatic nitrogens is 2. The van der Waals surface area contributed by atoms with Crippen molar-refractivity contribution in [2.75, 3.05) is 0 Å². The zero-order valence-corrected chi connectivity index (χ0v) is 12.3. The van der Waals surface area contributed by atoms with E-state index < -0.39 is 0 Å². The third-order valence-corrected chi connectivity index (χ3v) is 4.07. The number of nitrogens with zero attached hydrogens (tertiary/aromatic N) is 2. The highest BCUT2D eigenvalue weighted by Crippen LogP contribution is 2.33. The Balaban J connectivity index is 1.83. The van der Waals surface area contributed by atoms with E-state index in [0.29, 0.717) is 21.8 Å². The molecule has 6 heteroatoms. The van der Waals surface area contributed by atoms with E-state index in [1.54, 1.807) is 6.07 Å². The first-order valence-electron chi connectivity index (χ1n) is 6.60. The predicted octanol–water partition coefficient (Wildman–Crippen LogP) is 3.66. The Kier molecular flexibility index (Phi) is 3.85. The third-order valence-electron chi connectivity index (χ3n) is 3.61.